The monoisotopic (exact) mass is 371 g/mol. The van der Waals surface area contributed by atoms with E-state index < -0.39 is 0 Å². The van der Waals surface area contributed by atoms with E-state index in [1.807, 2.05) is 25.1 Å². The summed E-state index contributed by atoms with van der Waals surface area (Å²) < 4.78 is 13.3. The molecule has 0 aliphatic carbocycles. The molecule has 0 aliphatic rings. The second-order valence-electron chi connectivity index (χ2n) is 6.79. The zero-order valence-electron chi connectivity index (χ0n) is 16.8. The summed E-state index contributed by atoms with van der Waals surface area (Å²) in [6.07, 6.45) is 1.67. The number of nitrogens with one attached hydrogen (secondary N) is 1. The van der Waals surface area contributed by atoms with Crippen LogP contribution in [0.4, 0.5) is 0 Å². The van der Waals surface area contributed by atoms with Crippen molar-refractivity contribution >= 4 is 12.1 Å². The van der Waals surface area contributed by atoms with E-state index in [0.717, 1.165) is 17.8 Å². The second kappa shape index (κ2) is 9.80. The Bertz CT molecular complexity index is 794. The van der Waals surface area contributed by atoms with E-state index in [9.17, 15) is 4.79 Å². The van der Waals surface area contributed by atoms with Gasteiger partial charge in [0.2, 0.25) is 0 Å². The number of hydrogen-bond donors (Lipinski definition) is 1. The molecular formula is C21H29N3O3. The quantitative estimate of drug-likeness (QED) is 0.540. The predicted molar refractivity (Wildman–Crippen MR) is 108 cm³/mol. The molecule has 0 fully saturated rings. The molecule has 2 aromatic rings. The van der Waals surface area contributed by atoms with Crippen molar-refractivity contribution in [3.8, 4) is 11.5 Å². The highest BCUT2D eigenvalue weighted by molar-refractivity contribution is 5.84. The third kappa shape index (κ3) is 5.88. The van der Waals surface area contributed by atoms with Gasteiger partial charge in [-0.3, -0.25) is 4.79 Å². The Labute approximate surface area is 161 Å². The summed E-state index contributed by atoms with van der Waals surface area (Å²) in [7, 11) is 0. The van der Waals surface area contributed by atoms with E-state index in [1.54, 1.807) is 12.3 Å². The number of carbonyl (C=O) groups is 1. The van der Waals surface area contributed by atoms with Gasteiger partial charge in [-0.2, -0.15) is 5.10 Å². The van der Waals surface area contributed by atoms with Crippen LogP contribution in [0.1, 0.15) is 37.7 Å². The molecule has 0 unspecified atom stereocenters. The van der Waals surface area contributed by atoms with E-state index in [0.29, 0.717) is 24.0 Å². The average Bonchev–Trinajstić information content (AvgIpc) is 2.88. The van der Waals surface area contributed by atoms with Gasteiger partial charge in [0, 0.05) is 23.5 Å². The summed E-state index contributed by atoms with van der Waals surface area (Å²) in [4.78, 5) is 12.0. The number of nitrogens with zero attached hydrogens (tertiary/aromatic N) is 2. The highest BCUT2D eigenvalue weighted by Crippen LogP contribution is 2.26. The van der Waals surface area contributed by atoms with Crippen molar-refractivity contribution in [3.05, 3.63) is 47.3 Å². The van der Waals surface area contributed by atoms with Gasteiger partial charge in [-0.25, -0.2) is 5.43 Å². The standard InChI is InChI=1S/C21H29N3O3/c1-6-26-19-9-7-8-10-20(19)27-14-21(25)23-22-12-18-11-16(4)24(17(18)5)13-15(2)3/h7-12,15H,6,13-14H2,1-5H3,(H,23,25)/b22-12+. The molecule has 2 rings (SSSR count). The molecule has 1 aromatic carbocycles. The number of amides is 1. The maximum Gasteiger partial charge on any atom is 0.277 e. The van der Waals surface area contributed by atoms with Gasteiger partial charge in [0.1, 0.15) is 0 Å². The summed E-state index contributed by atoms with van der Waals surface area (Å²) in [5, 5.41) is 4.06. The van der Waals surface area contributed by atoms with Crippen molar-refractivity contribution in [2.24, 2.45) is 11.0 Å². The van der Waals surface area contributed by atoms with E-state index in [1.165, 1.54) is 5.69 Å². The zero-order valence-corrected chi connectivity index (χ0v) is 16.8. The molecule has 0 atom stereocenters. The molecule has 1 heterocycles. The topological polar surface area (TPSA) is 64.8 Å². The van der Waals surface area contributed by atoms with Crippen molar-refractivity contribution < 1.29 is 14.3 Å². The maximum absolute atomic E-state index is 12.0. The number of hydrogen-bond acceptors (Lipinski definition) is 4. The van der Waals surface area contributed by atoms with Gasteiger partial charge in [-0.1, -0.05) is 26.0 Å². The number of aromatic nitrogens is 1. The van der Waals surface area contributed by atoms with E-state index in [2.05, 4.69) is 48.9 Å². The number of carbonyl (C=O) groups excluding carboxylic acids is 1. The first-order chi connectivity index (χ1) is 12.9. The van der Waals surface area contributed by atoms with Crippen molar-refractivity contribution in [3.63, 3.8) is 0 Å². The molecule has 0 saturated carbocycles. The number of para-hydroxylation sites is 2. The summed E-state index contributed by atoms with van der Waals surface area (Å²) >= 11 is 0. The number of benzene rings is 1. The Kier molecular flexibility index (Phi) is 7.46. The van der Waals surface area contributed by atoms with Crippen LogP contribution in [-0.4, -0.2) is 29.9 Å². The molecule has 0 saturated heterocycles. The second-order valence-corrected chi connectivity index (χ2v) is 6.79. The molecule has 1 amide bonds. The zero-order chi connectivity index (χ0) is 19.8. The Balaban J connectivity index is 1.91. The molecule has 0 radical (unpaired) electrons. The summed E-state index contributed by atoms with van der Waals surface area (Å²) in [5.74, 6) is 1.40. The molecule has 0 bridgehead atoms. The fraction of sp³-hybridized carbons (Fsp3) is 0.429. The van der Waals surface area contributed by atoms with Crippen molar-refractivity contribution in [1.29, 1.82) is 0 Å². The van der Waals surface area contributed by atoms with Crippen molar-refractivity contribution in [1.82, 2.24) is 9.99 Å². The first kappa shape index (κ1) is 20.6. The highest BCUT2D eigenvalue weighted by Gasteiger charge is 2.09. The highest BCUT2D eigenvalue weighted by atomic mass is 16.5. The number of hydrazone groups is 1. The lowest BCUT2D eigenvalue weighted by Gasteiger charge is -2.11. The molecule has 6 heteroatoms. The van der Waals surface area contributed by atoms with Crippen LogP contribution in [0.3, 0.4) is 0 Å². The largest absolute Gasteiger partial charge is 0.490 e. The van der Waals surface area contributed by atoms with Crippen LogP contribution in [0.15, 0.2) is 35.4 Å². The van der Waals surface area contributed by atoms with E-state index in [4.69, 9.17) is 9.47 Å². The van der Waals surface area contributed by atoms with Crippen LogP contribution in [0.5, 0.6) is 11.5 Å². The minimum atomic E-state index is -0.325. The van der Waals surface area contributed by atoms with Crippen molar-refractivity contribution in [2.75, 3.05) is 13.2 Å². The van der Waals surface area contributed by atoms with Gasteiger partial charge in [-0.15, -0.1) is 0 Å². The van der Waals surface area contributed by atoms with Gasteiger partial charge in [0.15, 0.2) is 18.1 Å². The van der Waals surface area contributed by atoms with Gasteiger partial charge >= 0.3 is 0 Å². The third-order valence-corrected chi connectivity index (χ3v) is 4.06. The lowest BCUT2D eigenvalue weighted by atomic mass is 10.2. The molecule has 1 aromatic heterocycles. The van der Waals surface area contributed by atoms with Crippen LogP contribution in [0.25, 0.3) is 0 Å². The molecule has 1 N–H and O–H groups in total. The van der Waals surface area contributed by atoms with Gasteiger partial charge in [0.05, 0.1) is 12.8 Å². The van der Waals surface area contributed by atoms with Gasteiger partial charge in [-0.05, 0) is 44.9 Å². The van der Waals surface area contributed by atoms with Crippen LogP contribution < -0.4 is 14.9 Å². The fourth-order valence-corrected chi connectivity index (χ4v) is 2.80. The predicted octanol–water partition coefficient (Wildman–Crippen LogP) is 3.69. The van der Waals surface area contributed by atoms with Crippen LogP contribution in [0, 0.1) is 19.8 Å². The molecule has 146 valence electrons. The molecule has 6 nitrogen and oxygen atoms in total. The fourth-order valence-electron chi connectivity index (χ4n) is 2.80. The lowest BCUT2D eigenvalue weighted by molar-refractivity contribution is -0.123. The Morgan fingerprint density at radius 1 is 1.22 bits per heavy atom. The first-order valence-electron chi connectivity index (χ1n) is 9.25. The normalized spacial score (nSPS) is 11.2. The maximum atomic E-state index is 12.0. The van der Waals surface area contributed by atoms with Crippen LogP contribution >= 0.6 is 0 Å². The SMILES string of the molecule is CCOc1ccccc1OCC(=O)N/N=C/c1cc(C)n(CC(C)C)c1C. The third-order valence-electron chi connectivity index (χ3n) is 4.06. The van der Waals surface area contributed by atoms with Crippen LogP contribution in [-0.2, 0) is 11.3 Å². The number of rotatable bonds is 9. The summed E-state index contributed by atoms with van der Waals surface area (Å²) in [5.41, 5.74) is 5.83. The molecule has 27 heavy (non-hydrogen) atoms. The summed E-state index contributed by atoms with van der Waals surface area (Å²) in [6.45, 7) is 11.8. The average molecular weight is 371 g/mol. The first-order valence-corrected chi connectivity index (χ1v) is 9.25. The molecular weight excluding hydrogens is 342 g/mol. The van der Waals surface area contributed by atoms with Gasteiger partial charge < -0.3 is 14.0 Å². The Morgan fingerprint density at radius 2 is 1.89 bits per heavy atom. The Hall–Kier alpha value is -2.76. The van der Waals surface area contributed by atoms with Gasteiger partial charge in [0.25, 0.3) is 5.91 Å². The molecule has 0 aliphatic heterocycles. The number of ether oxygens (including phenoxy) is 2. The number of aryl methyl sites for hydroxylation is 1. The van der Waals surface area contributed by atoms with E-state index in [-0.39, 0.29) is 12.5 Å². The van der Waals surface area contributed by atoms with E-state index >= 15 is 0 Å². The minimum Gasteiger partial charge on any atom is -0.490 e. The molecule has 0 spiro atoms. The minimum absolute atomic E-state index is 0.131. The summed E-state index contributed by atoms with van der Waals surface area (Å²) in [6, 6.07) is 9.34. The lowest BCUT2D eigenvalue weighted by Crippen LogP contribution is -2.24. The van der Waals surface area contributed by atoms with Crippen LogP contribution in [0.2, 0.25) is 0 Å². The van der Waals surface area contributed by atoms with Crippen molar-refractivity contribution in [2.45, 2.75) is 41.2 Å². The Morgan fingerprint density at radius 3 is 2.52 bits per heavy atom. The smallest absolute Gasteiger partial charge is 0.277 e.